The maximum atomic E-state index is 10.8. The molecule has 0 spiro atoms. The number of anilines is 1. The third-order valence-electron chi connectivity index (χ3n) is 1.27. The SMILES string of the molecule is Nc1[nH][nH]c(=O)c1CCO. The van der Waals surface area contributed by atoms with Gasteiger partial charge in [-0.25, -0.2) is 0 Å². The summed E-state index contributed by atoms with van der Waals surface area (Å²) in [7, 11) is 0. The molecule has 0 fully saturated rings. The molecule has 10 heavy (non-hydrogen) atoms. The number of aromatic nitrogens is 2. The van der Waals surface area contributed by atoms with Crippen LogP contribution in [0.4, 0.5) is 5.82 Å². The lowest BCUT2D eigenvalue weighted by molar-refractivity contribution is 0.299. The summed E-state index contributed by atoms with van der Waals surface area (Å²) < 4.78 is 0. The molecule has 0 aliphatic carbocycles. The molecule has 1 aromatic rings. The van der Waals surface area contributed by atoms with Gasteiger partial charge in [0, 0.05) is 13.0 Å². The van der Waals surface area contributed by atoms with E-state index >= 15 is 0 Å². The van der Waals surface area contributed by atoms with Gasteiger partial charge in [0.15, 0.2) is 0 Å². The van der Waals surface area contributed by atoms with Crippen LogP contribution in [0.3, 0.4) is 0 Å². The standard InChI is InChI=1S/C5H9N3O2/c6-4-3(1-2-9)5(10)8-7-4/h9H,1-2H2,(H4,6,7,8,10). The number of H-pyrrole nitrogens is 2. The zero-order chi connectivity index (χ0) is 7.56. The Morgan fingerprint density at radius 2 is 2.20 bits per heavy atom. The monoisotopic (exact) mass is 143 g/mol. The average molecular weight is 143 g/mol. The fraction of sp³-hybridized carbons (Fsp3) is 0.400. The Labute approximate surface area is 56.9 Å². The second-order valence-corrected chi connectivity index (χ2v) is 1.94. The lowest BCUT2D eigenvalue weighted by atomic mass is 10.2. The molecule has 5 nitrogen and oxygen atoms in total. The summed E-state index contributed by atoms with van der Waals surface area (Å²) in [5.41, 5.74) is 5.49. The minimum Gasteiger partial charge on any atom is -0.396 e. The first-order chi connectivity index (χ1) is 4.75. The molecular weight excluding hydrogens is 134 g/mol. The van der Waals surface area contributed by atoms with E-state index in [4.69, 9.17) is 10.8 Å². The van der Waals surface area contributed by atoms with Gasteiger partial charge in [0.25, 0.3) is 5.56 Å². The third-order valence-corrected chi connectivity index (χ3v) is 1.27. The van der Waals surface area contributed by atoms with Gasteiger partial charge in [0.2, 0.25) is 0 Å². The van der Waals surface area contributed by atoms with Crippen molar-refractivity contribution >= 4 is 5.82 Å². The summed E-state index contributed by atoms with van der Waals surface area (Å²) in [6.07, 6.45) is 0.296. The van der Waals surface area contributed by atoms with Crippen LogP contribution in [0.2, 0.25) is 0 Å². The number of aromatic amines is 2. The summed E-state index contributed by atoms with van der Waals surface area (Å²) in [6, 6.07) is 0. The van der Waals surface area contributed by atoms with E-state index in [9.17, 15) is 4.79 Å². The Balaban J connectivity index is 2.99. The van der Waals surface area contributed by atoms with Crippen LogP contribution in [0.5, 0.6) is 0 Å². The number of aliphatic hydroxyl groups is 1. The van der Waals surface area contributed by atoms with Gasteiger partial charge in [0.1, 0.15) is 5.82 Å². The third kappa shape index (κ3) is 1.03. The first-order valence-electron chi connectivity index (χ1n) is 2.91. The van der Waals surface area contributed by atoms with Crippen molar-refractivity contribution in [2.75, 3.05) is 12.3 Å². The van der Waals surface area contributed by atoms with Gasteiger partial charge in [-0.2, -0.15) is 0 Å². The number of rotatable bonds is 2. The molecule has 1 aromatic heterocycles. The van der Waals surface area contributed by atoms with Crippen LogP contribution in [0.25, 0.3) is 0 Å². The van der Waals surface area contributed by atoms with E-state index in [-0.39, 0.29) is 12.2 Å². The second kappa shape index (κ2) is 2.57. The summed E-state index contributed by atoms with van der Waals surface area (Å²) in [5, 5.41) is 13.2. The molecule has 0 atom stereocenters. The first kappa shape index (κ1) is 6.88. The normalized spacial score (nSPS) is 10.1. The predicted octanol–water partition coefficient (Wildman–Crippen LogP) is -1.18. The highest BCUT2D eigenvalue weighted by molar-refractivity contribution is 5.36. The fourth-order valence-corrected chi connectivity index (χ4v) is 0.757. The first-order valence-corrected chi connectivity index (χ1v) is 2.91. The van der Waals surface area contributed by atoms with Crippen LogP contribution >= 0.6 is 0 Å². The molecular formula is C5H9N3O2. The summed E-state index contributed by atoms with van der Waals surface area (Å²) in [6.45, 7) is -0.0644. The van der Waals surface area contributed by atoms with E-state index in [1.807, 2.05) is 0 Å². The molecule has 0 saturated carbocycles. The molecule has 1 rings (SSSR count). The molecule has 5 N–H and O–H groups in total. The van der Waals surface area contributed by atoms with Crippen molar-refractivity contribution in [2.24, 2.45) is 0 Å². The second-order valence-electron chi connectivity index (χ2n) is 1.94. The average Bonchev–Trinajstić information content (AvgIpc) is 2.20. The van der Waals surface area contributed by atoms with E-state index in [1.54, 1.807) is 0 Å². The number of aliphatic hydroxyl groups excluding tert-OH is 1. The van der Waals surface area contributed by atoms with E-state index in [1.165, 1.54) is 0 Å². The van der Waals surface area contributed by atoms with Gasteiger partial charge in [-0.3, -0.25) is 15.0 Å². The van der Waals surface area contributed by atoms with Crippen LogP contribution in [-0.4, -0.2) is 21.9 Å². The van der Waals surface area contributed by atoms with Crippen LogP contribution in [0, 0.1) is 0 Å². The maximum absolute atomic E-state index is 10.8. The minimum atomic E-state index is -0.258. The Morgan fingerprint density at radius 3 is 2.60 bits per heavy atom. The molecule has 0 radical (unpaired) electrons. The predicted molar refractivity (Wildman–Crippen MR) is 36.6 cm³/mol. The highest BCUT2D eigenvalue weighted by atomic mass is 16.3. The number of nitrogens with one attached hydrogen (secondary N) is 2. The molecule has 0 saturated heterocycles. The molecule has 5 heteroatoms. The van der Waals surface area contributed by atoms with E-state index in [0.29, 0.717) is 17.8 Å². The van der Waals surface area contributed by atoms with Crippen molar-refractivity contribution < 1.29 is 5.11 Å². The summed E-state index contributed by atoms with van der Waals surface area (Å²) in [5.74, 6) is 0.305. The lowest BCUT2D eigenvalue weighted by Gasteiger charge is -1.90. The van der Waals surface area contributed by atoms with Crippen molar-refractivity contribution in [1.29, 1.82) is 0 Å². The van der Waals surface area contributed by atoms with Gasteiger partial charge < -0.3 is 10.8 Å². The van der Waals surface area contributed by atoms with Crippen LogP contribution in [-0.2, 0) is 6.42 Å². The number of nitrogens with two attached hydrogens (primary N) is 1. The van der Waals surface area contributed by atoms with Gasteiger partial charge in [-0.1, -0.05) is 0 Å². The summed E-state index contributed by atoms with van der Waals surface area (Å²) in [4.78, 5) is 10.8. The van der Waals surface area contributed by atoms with Crippen molar-refractivity contribution in [1.82, 2.24) is 10.2 Å². The Hall–Kier alpha value is -1.23. The molecule has 0 aliphatic rings. The maximum Gasteiger partial charge on any atom is 0.269 e. The summed E-state index contributed by atoms with van der Waals surface area (Å²) >= 11 is 0. The van der Waals surface area contributed by atoms with Crippen molar-refractivity contribution in [3.05, 3.63) is 15.9 Å². The van der Waals surface area contributed by atoms with Crippen molar-refractivity contribution in [2.45, 2.75) is 6.42 Å². The molecule has 0 aliphatic heterocycles. The zero-order valence-corrected chi connectivity index (χ0v) is 5.35. The topological polar surface area (TPSA) is 94.9 Å². The number of hydrogen-bond acceptors (Lipinski definition) is 3. The highest BCUT2D eigenvalue weighted by Crippen LogP contribution is 1.99. The lowest BCUT2D eigenvalue weighted by Crippen LogP contribution is -2.08. The molecule has 0 aromatic carbocycles. The minimum absolute atomic E-state index is 0.0644. The highest BCUT2D eigenvalue weighted by Gasteiger charge is 2.03. The number of hydrogen-bond donors (Lipinski definition) is 4. The Kier molecular flexibility index (Phi) is 1.77. The Morgan fingerprint density at radius 1 is 1.50 bits per heavy atom. The van der Waals surface area contributed by atoms with Crippen LogP contribution in [0.15, 0.2) is 4.79 Å². The molecule has 0 bridgehead atoms. The van der Waals surface area contributed by atoms with E-state index < -0.39 is 0 Å². The van der Waals surface area contributed by atoms with E-state index in [2.05, 4.69) is 10.2 Å². The molecule has 1 heterocycles. The van der Waals surface area contributed by atoms with Gasteiger partial charge in [-0.05, 0) is 0 Å². The smallest absolute Gasteiger partial charge is 0.269 e. The van der Waals surface area contributed by atoms with Crippen molar-refractivity contribution in [3.63, 3.8) is 0 Å². The quantitative estimate of drug-likeness (QED) is 0.419. The molecule has 0 amide bonds. The largest absolute Gasteiger partial charge is 0.396 e. The van der Waals surface area contributed by atoms with Gasteiger partial charge in [-0.15, -0.1) is 0 Å². The number of nitrogen functional groups attached to an aromatic ring is 1. The molecule has 56 valence electrons. The van der Waals surface area contributed by atoms with Crippen LogP contribution < -0.4 is 11.3 Å². The Bertz CT molecular complexity index is 262. The molecule has 0 unspecified atom stereocenters. The van der Waals surface area contributed by atoms with Crippen molar-refractivity contribution in [3.8, 4) is 0 Å². The van der Waals surface area contributed by atoms with E-state index in [0.717, 1.165) is 0 Å². The fourth-order valence-electron chi connectivity index (χ4n) is 0.757. The van der Waals surface area contributed by atoms with Gasteiger partial charge in [0.05, 0.1) is 5.56 Å². The van der Waals surface area contributed by atoms with Crippen LogP contribution in [0.1, 0.15) is 5.56 Å². The zero-order valence-electron chi connectivity index (χ0n) is 5.35. The van der Waals surface area contributed by atoms with Gasteiger partial charge >= 0.3 is 0 Å².